The van der Waals surface area contributed by atoms with Crippen LogP contribution in [0.3, 0.4) is 0 Å². The van der Waals surface area contributed by atoms with Gasteiger partial charge in [0.25, 0.3) is 5.91 Å². The summed E-state index contributed by atoms with van der Waals surface area (Å²) in [4.78, 5) is 44.3. The number of rotatable bonds is 6. The lowest BCUT2D eigenvalue weighted by atomic mass is 10.2. The van der Waals surface area contributed by atoms with E-state index in [1.807, 2.05) is 0 Å². The number of nitrogens with zero attached hydrogens (tertiary/aromatic N) is 3. The van der Waals surface area contributed by atoms with Crippen LogP contribution in [0.4, 0.5) is 14.7 Å². The molecule has 9 nitrogen and oxygen atoms in total. The van der Waals surface area contributed by atoms with Gasteiger partial charge in [-0.15, -0.1) is 22.7 Å². The molecule has 3 rings (SSSR count). The molecule has 168 valence electrons. The van der Waals surface area contributed by atoms with Crippen LogP contribution in [-0.2, 0) is 16.0 Å². The van der Waals surface area contributed by atoms with Gasteiger partial charge >= 0.3 is 12.2 Å². The minimum atomic E-state index is -0.585. The first-order chi connectivity index (χ1) is 14.5. The molecule has 2 aromatic rings. The van der Waals surface area contributed by atoms with Gasteiger partial charge in [-0.25, -0.2) is 19.5 Å². The van der Waals surface area contributed by atoms with Crippen LogP contribution in [-0.4, -0.2) is 59.8 Å². The third kappa shape index (κ3) is 6.31. The van der Waals surface area contributed by atoms with Crippen molar-refractivity contribution in [2.45, 2.75) is 39.0 Å². The van der Waals surface area contributed by atoms with E-state index in [4.69, 9.17) is 21.1 Å². The van der Waals surface area contributed by atoms with Crippen LogP contribution < -0.4 is 10.2 Å². The molecule has 0 unspecified atom stereocenters. The van der Waals surface area contributed by atoms with E-state index in [0.717, 1.165) is 0 Å². The summed E-state index contributed by atoms with van der Waals surface area (Å²) in [5, 5.41) is 4.99. The number of thiophene rings is 1. The van der Waals surface area contributed by atoms with E-state index in [9.17, 15) is 14.4 Å². The van der Waals surface area contributed by atoms with Crippen molar-refractivity contribution in [2.75, 3.05) is 25.0 Å². The van der Waals surface area contributed by atoms with Crippen molar-refractivity contribution in [1.82, 2.24) is 15.2 Å². The summed E-state index contributed by atoms with van der Waals surface area (Å²) >= 11 is 8.30. The monoisotopic (exact) mass is 486 g/mol. The average Bonchev–Trinajstić information content (AvgIpc) is 3.38. The Hall–Kier alpha value is -2.37. The molecule has 0 spiro atoms. The molecule has 1 atom stereocenters. The Balaban J connectivity index is 1.53. The molecule has 0 radical (unpaired) electrons. The first-order valence-electron chi connectivity index (χ1n) is 9.42. The van der Waals surface area contributed by atoms with Crippen molar-refractivity contribution in [3.05, 3.63) is 32.4 Å². The molecule has 1 fully saturated rings. The molecule has 1 aliphatic heterocycles. The van der Waals surface area contributed by atoms with Crippen molar-refractivity contribution in [1.29, 1.82) is 0 Å². The van der Waals surface area contributed by atoms with E-state index in [1.165, 1.54) is 32.5 Å². The number of thiazole rings is 1. The Morgan fingerprint density at radius 1 is 1.42 bits per heavy atom. The molecule has 0 aromatic carbocycles. The molecule has 12 heteroatoms. The number of anilines is 1. The Morgan fingerprint density at radius 3 is 2.81 bits per heavy atom. The van der Waals surface area contributed by atoms with Gasteiger partial charge in [-0.1, -0.05) is 11.6 Å². The SMILES string of the molecule is CN(Cc1csc(N2C[C@H](CNC(=O)c3ccc(Cl)s3)OC2=O)n1)C(=O)OC(C)(C)C. The summed E-state index contributed by atoms with van der Waals surface area (Å²) in [7, 11) is 1.62. The highest BCUT2D eigenvalue weighted by molar-refractivity contribution is 7.18. The van der Waals surface area contributed by atoms with Gasteiger partial charge in [0.05, 0.1) is 34.5 Å². The Bertz CT molecular complexity index is 971. The topological polar surface area (TPSA) is 101 Å². The molecule has 1 N–H and O–H groups in total. The minimum Gasteiger partial charge on any atom is -0.444 e. The predicted octanol–water partition coefficient (Wildman–Crippen LogP) is 3.98. The molecular weight excluding hydrogens is 464 g/mol. The van der Waals surface area contributed by atoms with Crippen molar-refractivity contribution in [3.8, 4) is 0 Å². The maximum Gasteiger partial charge on any atom is 0.416 e. The van der Waals surface area contributed by atoms with Gasteiger partial charge in [0.2, 0.25) is 0 Å². The van der Waals surface area contributed by atoms with Gasteiger partial charge < -0.3 is 19.7 Å². The number of nitrogens with one attached hydrogen (secondary N) is 1. The molecule has 1 aliphatic rings. The van der Waals surface area contributed by atoms with Gasteiger partial charge in [-0.2, -0.15) is 0 Å². The minimum absolute atomic E-state index is 0.177. The lowest BCUT2D eigenvalue weighted by molar-refractivity contribution is 0.0283. The smallest absolute Gasteiger partial charge is 0.416 e. The van der Waals surface area contributed by atoms with Crippen LogP contribution in [0.1, 0.15) is 36.1 Å². The summed E-state index contributed by atoms with van der Waals surface area (Å²) in [5.74, 6) is -0.270. The molecule has 0 saturated carbocycles. The van der Waals surface area contributed by atoms with Crippen molar-refractivity contribution < 1.29 is 23.9 Å². The second kappa shape index (κ2) is 9.41. The van der Waals surface area contributed by atoms with Crippen LogP contribution in [0.15, 0.2) is 17.5 Å². The van der Waals surface area contributed by atoms with Crippen molar-refractivity contribution in [3.63, 3.8) is 0 Å². The molecule has 1 saturated heterocycles. The fourth-order valence-electron chi connectivity index (χ4n) is 2.65. The van der Waals surface area contributed by atoms with Gasteiger partial charge in [-0.3, -0.25) is 4.79 Å². The normalized spacial score (nSPS) is 16.2. The second-order valence-electron chi connectivity index (χ2n) is 7.89. The summed E-state index contributed by atoms with van der Waals surface area (Å²) in [5.41, 5.74) is 0.0467. The summed E-state index contributed by atoms with van der Waals surface area (Å²) in [6.07, 6.45) is -1.48. The third-order valence-corrected chi connectivity index (χ3v) is 6.18. The number of halogens is 1. The Kier molecular flexibility index (Phi) is 7.07. The molecule has 0 aliphatic carbocycles. The fourth-order valence-corrected chi connectivity index (χ4v) is 4.43. The highest BCUT2D eigenvalue weighted by Gasteiger charge is 2.34. The van der Waals surface area contributed by atoms with Gasteiger partial charge in [0.15, 0.2) is 5.13 Å². The summed E-state index contributed by atoms with van der Waals surface area (Å²) in [6.45, 7) is 6.08. The molecule has 2 aromatic heterocycles. The highest BCUT2D eigenvalue weighted by atomic mass is 35.5. The average molecular weight is 487 g/mol. The molecule has 0 bridgehead atoms. The third-order valence-electron chi connectivity index (χ3n) is 4.04. The van der Waals surface area contributed by atoms with Crippen LogP contribution >= 0.6 is 34.3 Å². The second-order valence-corrected chi connectivity index (χ2v) is 10.4. The maximum atomic E-state index is 12.3. The number of carbonyl (C=O) groups excluding carboxylic acids is 3. The Morgan fingerprint density at radius 2 is 2.16 bits per heavy atom. The van der Waals surface area contributed by atoms with Crippen molar-refractivity contribution in [2.24, 2.45) is 0 Å². The number of cyclic esters (lactones) is 1. The number of carbonyl (C=O) groups is 3. The van der Waals surface area contributed by atoms with Crippen molar-refractivity contribution >= 4 is 57.5 Å². The first kappa shape index (κ1) is 23.3. The van der Waals surface area contributed by atoms with Crippen LogP contribution in [0.25, 0.3) is 0 Å². The maximum absolute atomic E-state index is 12.3. The highest BCUT2D eigenvalue weighted by Crippen LogP contribution is 2.26. The fraction of sp³-hybridized carbons (Fsp3) is 0.474. The van der Waals surface area contributed by atoms with E-state index >= 15 is 0 Å². The first-order valence-corrected chi connectivity index (χ1v) is 11.5. The number of hydrogen-bond donors (Lipinski definition) is 1. The molecule has 3 amide bonds. The summed E-state index contributed by atoms with van der Waals surface area (Å²) in [6, 6.07) is 3.29. The lowest BCUT2D eigenvalue weighted by Crippen LogP contribution is -2.34. The number of ether oxygens (including phenoxy) is 2. The Labute approximate surface area is 192 Å². The van der Waals surface area contributed by atoms with E-state index in [0.29, 0.717) is 20.0 Å². The molecule has 3 heterocycles. The predicted molar refractivity (Wildman–Crippen MR) is 119 cm³/mol. The molecular formula is C19H23ClN4O5S2. The van der Waals surface area contributed by atoms with Gasteiger partial charge in [0, 0.05) is 12.4 Å². The molecule has 31 heavy (non-hydrogen) atoms. The quantitative estimate of drug-likeness (QED) is 0.662. The van der Waals surface area contributed by atoms with E-state index in [-0.39, 0.29) is 25.5 Å². The van der Waals surface area contributed by atoms with E-state index in [2.05, 4.69) is 10.3 Å². The number of amides is 3. The van der Waals surface area contributed by atoms with Crippen LogP contribution in [0.2, 0.25) is 4.34 Å². The number of aromatic nitrogens is 1. The van der Waals surface area contributed by atoms with Crippen LogP contribution in [0, 0.1) is 0 Å². The lowest BCUT2D eigenvalue weighted by Gasteiger charge is -2.24. The zero-order valence-corrected chi connectivity index (χ0v) is 19.9. The standard InChI is InChI=1S/C19H23ClN4O5S2/c1-19(2,3)29-17(26)23(4)8-11-10-30-16(22-11)24-9-12(28-18(24)27)7-21-15(25)13-5-6-14(20)31-13/h5-6,10,12H,7-9H2,1-4H3,(H,21,25)/t12-/m0/s1. The van der Waals surface area contributed by atoms with E-state index in [1.54, 1.807) is 45.3 Å². The number of hydrogen-bond acceptors (Lipinski definition) is 8. The summed E-state index contributed by atoms with van der Waals surface area (Å²) < 4.78 is 11.2. The van der Waals surface area contributed by atoms with Gasteiger partial charge in [-0.05, 0) is 32.9 Å². The zero-order chi connectivity index (χ0) is 22.8. The van der Waals surface area contributed by atoms with Gasteiger partial charge in [0.1, 0.15) is 11.7 Å². The zero-order valence-electron chi connectivity index (χ0n) is 17.5. The van der Waals surface area contributed by atoms with E-state index < -0.39 is 23.9 Å². The largest absolute Gasteiger partial charge is 0.444 e. The van der Waals surface area contributed by atoms with Crippen LogP contribution in [0.5, 0.6) is 0 Å².